The number of nitrogens with two attached hydrogens (primary N) is 1. The van der Waals surface area contributed by atoms with Crippen molar-refractivity contribution in [3.63, 3.8) is 0 Å². The molecule has 0 aromatic carbocycles. The van der Waals surface area contributed by atoms with Gasteiger partial charge in [-0.2, -0.15) is 4.37 Å². The molecule has 112 valence electrons. The van der Waals surface area contributed by atoms with Crippen molar-refractivity contribution >= 4 is 28.3 Å². The highest BCUT2D eigenvalue weighted by molar-refractivity contribution is 7.11. The van der Waals surface area contributed by atoms with Crippen LogP contribution in [0.15, 0.2) is 0 Å². The van der Waals surface area contributed by atoms with Gasteiger partial charge < -0.3 is 21.3 Å². The number of hydrogen-bond donors (Lipinski definition) is 3. The van der Waals surface area contributed by atoms with Gasteiger partial charge in [-0.15, -0.1) is 0 Å². The third kappa shape index (κ3) is 3.83. The molecule has 1 heterocycles. The number of carbonyl (C=O) groups excluding carboxylic acids is 1. The monoisotopic (exact) mass is 297 g/mol. The predicted octanol–water partition coefficient (Wildman–Crippen LogP) is 1.37. The topological polar surface area (TPSA) is 83.3 Å². The second-order valence-corrected chi connectivity index (χ2v) is 6.29. The second kappa shape index (κ2) is 6.41. The first kappa shape index (κ1) is 15.1. The first-order valence-corrected chi connectivity index (χ1v) is 7.76. The van der Waals surface area contributed by atoms with Crippen molar-refractivity contribution in [2.24, 2.45) is 0 Å². The van der Waals surface area contributed by atoms with Gasteiger partial charge in [0.15, 0.2) is 5.82 Å². The predicted molar refractivity (Wildman–Crippen MR) is 83.3 cm³/mol. The van der Waals surface area contributed by atoms with Crippen molar-refractivity contribution < 1.29 is 4.79 Å². The number of aromatic nitrogens is 1. The maximum absolute atomic E-state index is 12.1. The SMILES string of the molecule is CC(C)N(C)CCNc1snc(N)c1C(=O)NC1CC1. The van der Waals surface area contributed by atoms with Crippen LogP contribution in [-0.2, 0) is 0 Å². The van der Waals surface area contributed by atoms with Gasteiger partial charge in [-0.25, -0.2) is 0 Å². The number of rotatable bonds is 7. The number of hydrogen-bond acceptors (Lipinski definition) is 6. The largest absolute Gasteiger partial charge is 0.382 e. The zero-order chi connectivity index (χ0) is 14.7. The number of nitrogens with one attached hydrogen (secondary N) is 2. The number of likely N-dealkylation sites (N-methyl/N-ethyl adjacent to an activating group) is 1. The van der Waals surface area contributed by atoms with E-state index in [2.05, 4.69) is 40.8 Å². The fraction of sp³-hybridized carbons (Fsp3) is 0.692. The second-order valence-electron chi connectivity index (χ2n) is 5.52. The Morgan fingerprint density at radius 2 is 2.25 bits per heavy atom. The summed E-state index contributed by atoms with van der Waals surface area (Å²) >= 11 is 1.25. The normalized spacial score (nSPS) is 14.8. The van der Waals surface area contributed by atoms with E-state index in [4.69, 9.17) is 5.73 Å². The number of anilines is 2. The fourth-order valence-electron chi connectivity index (χ4n) is 1.73. The summed E-state index contributed by atoms with van der Waals surface area (Å²) in [4.78, 5) is 14.4. The summed E-state index contributed by atoms with van der Waals surface area (Å²) in [6, 6.07) is 0.822. The van der Waals surface area contributed by atoms with E-state index in [9.17, 15) is 4.79 Å². The average Bonchev–Trinajstić information content (AvgIpc) is 3.11. The van der Waals surface area contributed by atoms with Gasteiger partial charge in [0.1, 0.15) is 10.6 Å². The van der Waals surface area contributed by atoms with Gasteiger partial charge >= 0.3 is 0 Å². The summed E-state index contributed by atoms with van der Waals surface area (Å²) in [5.74, 6) is 0.200. The lowest BCUT2D eigenvalue weighted by Gasteiger charge is -2.21. The molecular weight excluding hydrogens is 274 g/mol. The van der Waals surface area contributed by atoms with E-state index in [0.717, 1.165) is 30.9 Å². The first-order valence-electron chi connectivity index (χ1n) is 6.99. The van der Waals surface area contributed by atoms with E-state index in [1.807, 2.05) is 0 Å². The van der Waals surface area contributed by atoms with Crippen LogP contribution in [0.3, 0.4) is 0 Å². The fourth-order valence-corrected chi connectivity index (χ4v) is 2.47. The van der Waals surface area contributed by atoms with Crippen molar-refractivity contribution in [1.29, 1.82) is 0 Å². The van der Waals surface area contributed by atoms with Crippen molar-refractivity contribution in [2.45, 2.75) is 38.8 Å². The summed E-state index contributed by atoms with van der Waals surface area (Å²) in [6.45, 7) is 5.97. The minimum Gasteiger partial charge on any atom is -0.382 e. The van der Waals surface area contributed by atoms with Gasteiger partial charge in [0.2, 0.25) is 0 Å². The Balaban J connectivity index is 1.92. The molecule has 1 aliphatic rings. The maximum atomic E-state index is 12.1. The molecule has 2 rings (SSSR count). The van der Waals surface area contributed by atoms with Crippen LogP contribution in [0.2, 0.25) is 0 Å². The van der Waals surface area contributed by atoms with E-state index >= 15 is 0 Å². The molecule has 0 unspecified atom stereocenters. The lowest BCUT2D eigenvalue weighted by molar-refractivity contribution is 0.0953. The molecule has 0 atom stereocenters. The molecule has 0 spiro atoms. The molecule has 1 saturated carbocycles. The summed E-state index contributed by atoms with van der Waals surface area (Å²) in [5, 5.41) is 6.98. The highest BCUT2D eigenvalue weighted by Crippen LogP contribution is 2.28. The summed E-state index contributed by atoms with van der Waals surface area (Å²) in [6.07, 6.45) is 2.12. The van der Waals surface area contributed by atoms with Gasteiger partial charge in [0.25, 0.3) is 5.91 Å². The van der Waals surface area contributed by atoms with Gasteiger partial charge in [-0.1, -0.05) is 0 Å². The molecule has 1 fully saturated rings. The van der Waals surface area contributed by atoms with Gasteiger partial charge in [-0.05, 0) is 45.3 Å². The minimum absolute atomic E-state index is 0.113. The molecule has 1 amide bonds. The summed E-state index contributed by atoms with van der Waals surface area (Å²) in [5.41, 5.74) is 6.30. The molecule has 6 nitrogen and oxygen atoms in total. The van der Waals surface area contributed by atoms with Crippen LogP contribution in [-0.4, -0.2) is 47.4 Å². The smallest absolute Gasteiger partial charge is 0.258 e. The average molecular weight is 297 g/mol. The molecule has 0 aliphatic heterocycles. The zero-order valence-electron chi connectivity index (χ0n) is 12.3. The quantitative estimate of drug-likeness (QED) is 0.708. The molecule has 0 saturated heterocycles. The van der Waals surface area contributed by atoms with E-state index in [1.165, 1.54) is 11.5 Å². The summed E-state index contributed by atoms with van der Waals surface area (Å²) < 4.78 is 4.08. The molecule has 0 radical (unpaired) electrons. The Bertz CT molecular complexity index is 469. The van der Waals surface area contributed by atoms with E-state index < -0.39 is 0 Å². The van der Waals surface area contributed by atoms with Crippen LogP contribution < -0.4 is 16.4 Å². The van der Waals surface area contributed by atoms with E-state index in [0.29, 0.717) is 23.5 Å². The Hall–Kier alpha value is -1.34. The van der Waals surface area contributed by atoms with Crippen molar-refractivity contribution in [3.8, 4) is 0 Å². The molecule has 0 bridgehead atoms. The van der Waals surface area contributed by atoms with Crippen molar-refractivity contribution in [2.75, 3.05) is 31.2 Å². The molecule has 1 aliphatic carbocycles. The van der Waals surface area contributed by atoms with E-state index in [1.54, 1.807) is 0 Å². The van der Waals surface area contributed by atoms with Crippen LogP contribution >= 0.6 is 11.5 Å². The van der Waals surface area contributed by atoms with Crippen molar-refractivity contribution in [3.05, 3.63) is 5.56 Å². The van der Waals surface area contributed by atoms with Crippen LogP contribution in [0.25, 0.3) is 0 Å². The lowest BCUT2D eigenvalue weighted by Crippen LogP contribution is -2.31. The van der Waals surface area contributed by atoms with Crippen LogP contribution in [0, 0.1) is 0 Å². The Morgan fingerprint density at radius 3 is 2.85 bits per heavy atom. The van der Waals surface area contributed by atoms with Crippen molar-refractivity contribution in [1.82, 2.24) is 14.6 Å². The van der Waals surface area contributed by atoms with Crippen LogP contribution in [0.1, 0.15) is 37.0 Å². The zero-order valence-corrected chi connectivity index (χ0v) is 13.1. The number of amides is 1. The maximum Gasteiger partial charge on any atom is 0.258 e. The number of nitrogen functional groups attached to an aromatic ring is 1. The highest BCUT2D eigenvalue weighted by Gasteiger charge is 2.27. The Labute approximate surface area is 123 Å². The summed E-state index contributed by atoms with van der Waals surface area (Å²) in [7, 11) is 2.08. The van der Waals surface area contributed by atoms with Gasteiger partial charge in [-0.3, -0.25) is 4.79 Å². The Morgan fingerprint density at radius 1 is 1.55 bits per heavy atom. The molecule has 1 aromatic rings. The third-order valence-electron chi connectivity index (χ3n) is 3.49. The third-order valence-corrected chi connectivity index (χ3v) is 4.31. The van der Waals surface area contributed by atoms with E-state index in [-0.39, 0.29) is 5.91 Å². The Kier molecular flexibility index (Phi) is 4.82. The highest BCUT2D eigenvalue weighted by atomic mass is 32.1. The molecular formula is C13H23N5OS. The van der Waals surface area contributed by atoms with Gasteiger partial charge in [0.05, 0.1) is 0 Å². The van der Waals surface area contributed by atoms with Crippen LogP contribution in [0.4, 0.5) is 10.8 Å². The van der Waals surface area contributed by atoms with Crippen LogP contribution in [0.5, 0.6) is 0 Å². The first-order chi connectivity index (χ1) is 9.49. The molecule has 4 N–H and O–H groups in total. The standard InChI is InChI=1S/C13H23N5OS/c1-8(2)18(3)7-6-15-13-10(11(14)17-20-13)12(19)16-9-4-5-9/h8-9,15H,4-7H2,1-3H3,(H2,14,17)(H,16,19). The molecule has 7 heteroatoms. The number of carbonyl (C=O) groups is 1. The lowest BCUT2D eigenvalue weighted by atomic mass is 10.3. The molecule has 20 heavy (non-hydrogen) atoms. The van der Waals surface area contributed by atoms with Gasteiger partial charge in [0, 0.05) is 25.2 Å². The number of nitrogens with zero attached hydrogens (tertiary/aromatic N) is 2. The minimum atomic E-state index is -0.113. The molecule has 1 aromatic heterocycles.